The summed E-state index contributed by atoms with van der Waals surface area (Å²) in [5, 5.41) is 0. The number of aromatic nitrogens is 4. The molecule has 3 heterocycles. The van der Waals surface area contributed by atoms with Crippen molar-refractivity contribution in [3.63, 3.8) is 0 Å². The standard InChI is InChI=1S/C29H33FN6O4/c1-3-18-38-29(37)40-20-39-26-12-15-31-27(33-26)34(2)23-13-16-35(17-14-23)28-32-24-6-4-5-7-25(24)36(28)19-21-8-10-22(30)11-9-21/h4-12,15,23H,3,13-14,16-20H2,1-2H3. The van der Waals surface area contributed by atoms with Crippen LogP contribution in [0.2, 0.25) is 0 Å². The van der Waals surface area contributed by atoms with Gasteiger partial charge in [0, 0.05) is 38.4 Å². The molecular weight excluding hydrogens is 515 g/mol. The number of fused-ring (bicyclic) bond motifs is 1. The van der Waals surface area contributed by atoms with Crippen molar-refractivity contribution < 1.29 is 23.4 Å². The van der Waals surface area contributed by atoms with Crippen molar-refractivity contribution in [3.05, 3.63) is 72.2 Å². The van der Waals surface area contributed by atoms with E-state index < -0.39 is 6.16 Å². The highest BCUT2D eigenvalue weighted by Gasteiger charge is 2.27. The quantitative estimate of drug-likeness (QED) is 0.200. The number of rotatable bonds is 10. The summed E-state index contributed by atoms with van der Waals surface area (Å²) >= 11 is 0. The number of hydrogen-bond acceptors (Lipinski definition) is 9. The smallest absolute Gasteiger partial charge is 0.440 e. The van der Waals surface area contributed by atoms with Crippen LogP contribution < -0.4 is 14.5 Å². The maximum absolute atomic E-state index is 13.5. The van der Waals surface area contributed by atoms with Gasteiger partial charge in [-0.05, 0) is 49.1 Å². The molecule has 1 aliphatic heterocycles. The van der Waals surface area contributed by atoms with E-state index >= 15 is 0 Å². The molecule has 2 aromatic heterocycles. The third-order valence-corrected chi connectivity index (χ3v) is 6.92. The molecule has 0 aliphatic carbocycles. The van der Waals surface area contributed by atoms with Crippen LogP contribution in [0.4, 0.5) is 21.1 Å². The first-order valence-electron chi connectivity index (χ1n) is 13.4. The Balaban J connectivity index is 1.22. The van der Waals surface area contributed by atoms with E-state index in [1.165, 1.54) is 12.1 Å². The zero-order chi connectivity index (χ0) is 27.9. The minimum atomic E-state index is -0.772. The maximum atomic E-state index is 13.5. The minimum absolute atomic E-state index is 0.224. The summed E-state index contributed by atoms with van der Waals surface area (Å²) in [6.07, 6.45) is 3.34. The van der Waals surface area contributed by atoms with Gasteiger partial charge in [0.15, 0.2) is 0 Å². The van der Waals surface area contributed by atoms with Crippen LogP contribution in [-0.4, -0.2) is 65.3 Å². The molecule has 10 nitrogen and oxygen atoms in total. The number of carbonyl (C=O) groups excluding carboxylic acids is 1. The first-order valence-corrected chi connectivity index (χ1v) is 13.4. The van der Waals surface area contributed by atoms with E-state index in [0.717, 1.165) is 48.5 Å². The van der Waals surface area contributed by atoms with Gasteiger partial charge in [-0.3, -0.25) is 0 Å². The van der Waals surface area contributed by atoms with E-state index in [-0.39, 0.29) is 18.7 Å². The Hall–Kier alpha value is -4.41. The molecule has 0 unspecified atom stereocenters. The predicted octanol–water partition coefficient (Wildman–Crippen LogP) is 5.02. The highest BCUT2D eigenvalue weighted by Crippen LogP contribution is 2.28. The summed E-state index contributed by atoms with van der Waals surface area (Å²) in [6, 6.07) is 16.6. The minimum Gasteiger partial charge on any atom is -0.440 e. The summed E-state index contributed by atoms with van der Waals surface area (Å²) in [5.41, 5.74) is 3.00. The monoisotopic (exact) mass is 548 g/mol. The Morgan fingerprint density at radius 2 is 1.82 bits per heavy atom. The zero-order valence-corrected chi connectivity index (χ0v) is 22.7. The van der Waals surface area contributed by atoms with Crippen LogP contribution in [0.15, 0.2) is 60.8 Å². The molecule has 11 heteroatoms. The van der Waals surface area contributed by atoms with Gasteiger partial charge in [-0.2, -0.15) is 4.98 Å². The second kappa shape index (κ2) is 12.6. The van der Waals surface area contributed by atoms with Crippen LogP contribution in [0.25, 0.3) is 11.0 Å². The van der Waals surface area contributed by atoms with Gasteiger partial charge in [-0.1, -0.05) is 31.2 Å². The fourth-order valence-corrected chi connectivity index (χ4v) is 4.80. The number of para-hydroxylation sites is 2. The first kappa shape index (κ1) is 27.2. The molecule has 4 aromatic rings. The molecule has 0 bridgehead atoms. The van der Waals surface area contributed by atoms with E-state index in [4.69, 9.17) is 19.2 Å². The Kier molecular flexibility index (Phi) is 8.58. The van der Waals surface area contributed by atoms with Gasteiger partial charge in [0.05, 0.1) is 24.2 Å². The Labute approximate surface area is 232 Å². The van der Waals surface area contributed by atoms with Crippen molar-refractivity contribution in [3.8, 4) is 5.88 Å². The van der Waals surface area contributed by atoms with Crippen LogP contribution in [0, 0.1) is 5.82 Å². The Bertz CT molecular complexity index is 1420. The first-order chi connectivity index (χ1) is 19.5. The van der Waals surface area contributed by atoms with Crippen LogP contribution in [0.1, 0.15) is 31.7 Å². The number of halogens is 1. The lowest BCUT2D eigenvalue weighted by Gasteiger charge is -2.37. The van der Waals surface area contributed by atoms with Crippen molar-refractivity contribution in [2.24, 2.45) is 0 Å². The second-order valence-corrected chi connectivity index (χ2v) is 9.64. The highest BCUT2D eigenvalue weighted by atomic mass is 19.1. The van der Waals surface area contributed by atoms with Crippen molar-refractivity contribution >= 4 is 29.1 Å². The number of ether oxygens (including phenoxy) is 3. The van der Waals surface area contributed by atoms with Gasteiger partial charge in [0.25, 0.3) is 0 Å². The molecular formula is C29H33FN6O4. The average Bonchev–Trinajstić information content (AvgIpc) is 3.35. The molecule has 0 amide bonds. The molecule has 0 radical (unpaired) electrons. The van der Waals surface area contributed by atoms with Gasteiger partial charge in [-0.15, -0.1) is 0 Å². The van der Waals surface area contributed by atoms with E-state index in [2.05, 4.69) is 30.4 Å². The number of anilines is 2. The molecule has 0 atom stereocenters. The fourth-order valence-electron chi connectivity index (χ4n) is 4.80. The molecule has 1 fully saturated rings. The van der Waals surface area contributed by atoms with Gasteiger partial charge in [0.2, 0.25) is 24.6 Å². The lowest BCUT2D eigenvalue weighted by Crippen LogP contribution is -2.44. The zero-order valence-electron chi connectivity index (χ0n) is 22.7. The number of nitrogens with zero attached hydrogens (tertiary/aromatic N) is 6. The Morgan fingerprint density at radius 3 is 2.60 bits per heavy atom. The maximum Gasteiger partial charge on any atom is 0.511 e. The number of imidazole rings is 1. The van der Waals surface area contributed by atoms with E-state index in [1.807, 2.05) is 44.3 Å². The molecule has 40 heavy (non-hydrogen) atoms. The lowest BCUT2D eigenvalue weighted by molar-refractivity contribution is 0.00322. The number of benzene rings is 2. The summed E-state index contributed by atoms with van der Waals surface area (Å²) in [7, 11) is 1.97. The molecule has 1 aliphatic rings. The van der Waals surface area contributed by atoms with Gasteiger partial charge in [0.1, 0.15) is 5.82 Å². The van der Waals surface area contributed by atoms with Crippen LogP contribution >= 0.6 is 0 Å². The number of piperidine rings is 1. The predicted molar refractivity (Wildman–Crippen MR) is 149 cm³/mol. The van der Waals surface area contributed by atoms with Crippen molar-refractivity contribution in [2.75, 3.05) is 43.3 Å². The van der Waals surface area contributed by atoms with E-state index in [0.29, 0.717) is 31.4 Å². The fraction of sp³-hybridized carbons (Fsp3) is 0.379. The molecule has 210 valence electrons. The SMILES string of the molecule is CCCOC(=O)OCOc1ccnc(N(C)C2CCN(c3nc4ccccc4n3Cc3ccc(F)cc3)CC2)n1. The normalized spacial score (nSPS) is 13.8. The van der Waals surface area contributed by atoms with Gasteiger partial charge in [-0.25, -0.2) is 19.2 Å². The average molecular weight is 549 g/mol. The summed E-state index contributed by atoms with van der Waals surface area (Å²) in [5.74, 6) is 1.52. The Morgan fingerprint density at radius 1 is 1.05 bits per heavy atom. The third kappa shape index (κ3) is 6.41. The molecule has 0 spiro atoms. The van der Waals surface area contributed by atoms with Crippen LogP contribution in [-0.2, 0) is 16.0 Å². The van der Waals surface area contributed by atoms with Crippen molar-refractivity contribution in [2.45, 2.75) is 38.8 Å². The molecule has 0 N–H and O–H groups in total. The van der Waals surface area contributed by atoms with Crippen LogP contribution in [0.3, 0.4) is 0 Å². The van der Waals surface area contributed by atoms with Crippen molar-refractivity contribution in [1.82, 2.24) is 19.5 Å². The number of carbonyl (C=O) groups is 1. The number of hydrogen-bond donors (Lipinski definition) is 0. The van der Waals surface area contributed by atoms with Crippen molar-refractivity contribution in [1.29, 1.82) is 0 Å². The lowest BCUT2D eigenvalue weighted by atomic mass is 10.0. The highest BCUT2D eigenvalue weighted by molar-refractivity contribution is 5.79. The van der Waals surface area contributed by atoms with E-state index in [9.17, 15) is 9.18 Å². The van der Waals surface area contributed by atoms with Gasteiger partial charge >= 0.3 is 6.16 Å². The topological polar surface area (TPSA) is 94.8 Å². The summed E-state index contributed by atoms with van der Waals surface area (Å²) in [6.45, 7) is 4.14. The summed E-state index contributed by atoms with van der Waals surface area (Å²) in [4.78, 5) is 29.7. The third-order valence-electron chi connectivity index (χ3n) is 6.92. The van der Waals surface area contributed by atoms with Gasteiger partial charge < -0.3 is 28.6 Å². The molecule has 1 saturated heterocycles. The summed E-state index contributed by atoms with van der Waals surface area (Å²) < 4.78 is 30.9. The molecule has 2 aromatic carbocycles. The molecule has 0 saturated carbocycles. The largest absolute Gasteiger partial charge is 0.511 e. The second-order valence-electron chi connectivity index (χ2n) is 9.64. The van der Waals surface area contributed by atoms with Crippen LogP contribution in [0.5, 0.6) is 5.88 Å². The molecule has 5 rings (SSSR count). The van der Waals surface area contributed by atoms with E-state index in [1.54, 1.807) is 12.3 Å².